The van der Waals surface area contributed by atoms with Crippen molar-refractivity contribution in [2.75, 3.05) is 6.26 Å². The zero-order valence-electron chi connectivity index (χ0n) is 15.3. The lowest BCUT2D eigenvalue weighted by atomic mass is 10.0. The first-order valence-corrected chi connectivity index (χ1v) is 10.8. The second-order valence-electron chi connectivity index (χ2n) is 6.56. The van der Waals surface area contributed by atoms with E-state index in [4.69, 9.17) is 17.3 Å². The Kier molecular flexibility index (Phi) is 5.61. The van der Waals surface area contributed by atoms with E-state index in [2.05, 4.69) is 0 Å². The van der Waals surface area contributed by atoms with Gasteiger partial charge in [-0.2, -0.15) is 0 Å². The summed E-state index contributed by atoms with van der Waals surface area (Å²) in [6.07, 6.45) is 2.23. The van der Waals surface area contributed by atoms with E-state index in [0.29, 0.717) is 27.7 Å². The van der Waals surface area contributed by atoms with Gasteiger partial charge in [-0.3, -0.25) is 0 Å². The lowest BCUT2D eigenvalue weighted by Gasteiger charge is -2.08. The average molecular weight is 425 g/mol. The molecule has 1 unspecified atom stereocenters. The van der Waals surface area contributed by atoms with Crippen molar-refractivity contribution in [1.82, 2.24) is 4.57 Å². The zero-order chi connectivity index (χ0) is 20.6. The van der Waals surface area contributed by atoms with E-state index in [1.54, 1.807) is 35.8 Å². The summed E-state index contributed by atoms with van der Waals surface area (Å²) in [4.78, 5) is 0.152. The second-order valence-corrected chi connectivity index (χ2v) is 9.08. The van der Waals surface area contributed by atoms with Crippen molar-refractivity contribution < 1.29 is 17.2 Å². The van der Waals surface area contributed by atoms with Gasteiger partial charge in [-0.1, -0.05) is 12.1 Å². The molecule has 0 radical (unpaired) electrons. The number of allylic oxidation sites excluding steroid dienone is 1. The summed E-state index contributed by atoms with van der Waals surface area (Å²) in [7, 11) is -3.43. The highest BCUT2D eigenvalue weighted by molar-refractivity contribution is 7.90. The van der Waals surface area contributed by atoms with Gasteiger partial charge in [-0.15, -0.1) is 11.6 Å². The van der Waals surface area contributed by atoms with E-state index in [1.165, 1.54) is 18.2 Å². The van der Waals surface area contributed by atoms with Crippen LogP contribution in [0.1, 0.15) is 5.69 Å². The van der Waals surface area contributed by atoms with Gasteiger partial charge >= 0.3 is 0 Å². The minimum absolute atomic E-state index is 0.109. The van der Waals surface area contributed by atoms with Crippen LogP contribution in [0.2, 0.25) is 0 Å². The molecule has 0 fully saturated rings. The van der Waals surface area contributed by atoms with Crippen LogP contribution in [-0.4, -0.2) is 24.7 Å². The largest absolute Gasteiger partial charge is 0.337 e. The highest BCUT2D eigenvalue weighted by Gasteiger charge is 2.19. The van der Waals surface area contributed by atoms with E-state index in [1.807, 2.05) is 0 Å². The monoisotopic (exact) mass is 424 g/mol. The lowest BCUT2D eigenvalue weighted by molar-refractivity contribution is 0.554. The van der Waals surface area contributed by atoms with Crippen molar-refractivity contribution in [2.45, 2.75) is 23.9 Å². The molecule has 2 aromatic carbocycles. The fourth-order valence-electron chi connectivity index (χ4n) is 3.25. The van der Waals surface area contributed by atoms with Gasteiger partial charge in [-0.25, -0.2) is 17.2 Å². The molecule has 28 heavy (non-hydrogen) atoms. The molecule has 0 amide bonds. The van der Waals surface area contributed by atoms with E-state index >= 15 is 0 Å². The third kappa shape index (κ3) is 4.11. The molecule has 0 aliphatic carbocycles. The summed E-state index contributed by atoms with van der Waals surface area (Å²) < 4.78 is 53.4. The van der Waals surface area contributed by atoms with E-state index in [-0.39, 0.29) is 17.3 Å². The number of aromatic nitrogens is 1. The summed E-state index contributed by atoms with van der Waals surface area (Å²) >= 11 is 5.63. The Morgan fingerprint density at radius 3 is 2.46 bits per heavy atom. The predicted molar refractivity (Wildman–Crippen MR) is 108 cm³/mol. The van der Waals surface area contributed by atoms with Crippen molar-refractivity contribution in [3.63, 3.8) is 0 Å². The van der Waals surface area contributed by atoms with Crippen LogP contribution in [-0.2, 0) is 16.4 Å². The Morgan fingerprint density at radius 1 is 1.25 bits per heavy atom. The molecule has 1 atom stereocenters. The molecule has 1 aromatic heterocycles. The van der Waals surface area contributed by atoms with Crippen molar-refractivity contribution in [3.05, 3.63) is 65.9 Å². The summed E-state index contributed by atoms with van der Waals surface area (Å²) in [5, 5.41) is 0.634. The molecular formula is C20H19ClF2N2O2S. The van der Waals surface area contributed by atoms with Crippen LogP contribution >= 0.6 is 11.6 Å². The lowest BCUT2D eigenvalue weighted by Crippen LogP contribution is -2.09. The van der Waals surface area contributed by atoms with Crippen molar-refractivity contribution in [1.29, 1.82) is 0 Å². The molecule has 2 N–H and O–H groups in total. The fraction of sp³-hybridized carbons (Fsp3) is 0.200. The maximum Gasteiger partial charge on any atom is 0.175 e. The number of nitrogens with two attached hydrogens (primary N) is 1. The minimum Gasteiger partial charge on any atom is -0.337 e. The molecule has 4 nitrogen and oxygen atoms in total. The standard InChI is InChI=1S/C20H19ClF2N2O2S/c1-12-20(13-3-5-14(22)6-4-13)17-10-16(28(2,26)27)7-8-18(17)25(12)11-15(23)9-19(21)24/h3-10,19H,11,24H2,1-2H3/b15-9-. The van der Waals surface area contributed by atoms with Crippen LogP contribution in [0, 0.1) is 12.7 Å². The molecule has 0 bridgehead atoms. The van der Waals surface area contributed by atoms with Gasteiger partial charge in [-0.05, 0) is 48.9 Å². The summed E-state index contributed by atoms with van der Waals surface area (Å²) in [5.41, 5.74) is 7.23. The Labute approximate surface area is 167 Å². The molecule has 0 saturated carbocycles. The Morgan fingerprint density at radius 2 is 1.89 bits per heavy atom. The van der Waals surface area contributed by atoms with Crippen LogP contribution in [0.4, 0.5) is 8.78 Å². The maximum atomic E-state index is 14.3. The van der Waals surface area contributed by atoms with Crippen LogP contribution in [0.5, 0.6) is 0 Å². The van der Waals surface area contributed by atoms with Gasteiger partial charge in [0.15, 0.2) is 9.84 Å². The molecule has 0 spiro atoms. The number of sulfone groups is 1. The van der Waals surface area contributed by atoms with Crippen LogP contribution in [0.25, 0.3) is 22.0 Å². The van der Waals surface area contributed by atoms with Gasteiger partial charge in [0.2, 0.25) is 0 Å². The Hall–Kier alpha value is -2.22. The van der Waals surface area contributed by atoms with E-state index in [9.17, 15) is 17.2 Å². The van der Waals surface area contributed by atoms with Crippen LogP contribution in [0.3, 0.4) is 0 Å². The maximum absolute atomic E-state index is 14.3. The normalized spacial score (nSPS) is 13.9. The number of halogens is 3. The number of fused-ring (bicyclic) bond motifs is 1. The highest BCUT2D eigenvalue weighted by atomic mass is 35.5. The topological polar surface area (TPSA) is 65.1 Å². The van der Waals surface area contributed by atoms with Crippen molar-refractivity contribution >= 4 is 32.3 Å². The first-order valence-electron chi connectivity index (χ1n) is 8.42. The van der Waals surface area contributed by atoms with Gasteiger partial charge in [0.25, 0.3) is 0 Å². The molecule has 1 heterocycles. The number of hydrogen-bond donors (Lipinski definition) is 1. The summed E-state index contributed by atoms with van der Waals surface area (Å²) in [5.74, 6) is -0.896. The molecule has 0 aliphatic rings. The molecule has 148 valence electrons. The predicted octanol–water partition coefficient (Wildman–Crippen LogP) is 4.54. The Balaban J connectivity index is 2.30. The second kappa shape index (κ2) is 7.66. The molecule has 3 rings (SSSR count). The first-order chi connectivity index (χ1) is 13.1. The molecule has 8 heteroatoms. The number of benzene rings is 2. The summed E-state index contributed by atoms with van der Waals surface area (Å²) in [6.45, 7) is 1.69. The SMILES string of the molecule is Cc1c(-c2ccc(F)cc2)c2cc(S(C)(=O)=O)ccc2n1C/C(F)=C/C(N)Cl. The molecule has 0 saturated heterocycles. The highest BCUT2D eigenvalue weighted by Crippen LogP contribution is 2.36. The van der Waals surface area contributed by atoms with Gasteiger partial charge in [0, 0.05) is 28.4 Å². The number of nitrogens with zero attached hydrogens (tertiary/aromatic N) is 1. The van der Waals surface area contributed by atoms with Crippen LogP contribution in [0.15, 0.2) is 59.3 Å². The van der Waals surface area contributed by atoms with Crippen molar-refractivity contribution in [3.8, 4) is 11.1 Å². The summed E-state index contributed by atoms with van der Waals surface area (Å²) in [6, 6.07) is 10.5. The molecular weight excluding hydrogens is 406 g/mol. The smallest absolute Gasteiger partial charge is 0.175 e. The third-order valence-electron chi connectivity index (χ3n) is 4.51. The fourth-order valence-corrected chi connectivity index (χ4v) is 4.04. The van der Waals surface area contributed by atoms with Crippen LogP contribution < -0.4 is 5.73 Å². The molecule has 3 aromatic rings. The Bertz CT molecular complexity index is 1170. The number of hydrogen-bond acceptors (Lipinski definition) is 3. The van der Waals surface area contributed by atoms with Gasteiger partial charge in [0.1, 0.15) is 17.1 Å². The quantitative estimate of drug-likeness (QED) is 0.483. The van der Waals surface area contributed by atoms with Gasteiger partial charge in [0.05, 0.1) is 11.4 Å². The molecule has 0 aliphatic heterocycles. The van der Waals surface area contributed by atoms with Gasteiger partial charge < -0.3 is 10.3 Å². The number of rotatable bonds is 5. The first kappa shape index (κ1) is 20.5. The van der Waals surface area contributed by atoms with E-state index in [0.717, 1.165) is 12.3 Å². The van der Waals surface area contributed by atoms with Crippen molar-refractivity contribution in [2.24, 2.45) is 5.73 Å². The average Bonchev–Trinajstić information content (AvgIpc) is 2.86. The van der Waals surface area contributed by atoms with E-state index < -0.39 is 21.2 Å². The number of alkyl halides is 1. The zero-order valence-corrected chi connectivity index (χ0v) is 16.9. The third-order valence-corrected chi connectivity index (χ3v) is 5.74. The minimum atomic E-state index is -3.43.